The second kappa shape index (κ2) is 5.09. The number of pyridine rings is 1. The lowest BCUT2D eigenvalue weighted by Crippen LogP contribution is -2.60. The maximum atomic E-state index is 13.9. The van der Waals surface area contributed by atoms with Crippen LogP contribution in [0.5, 0.6) is 0 Å². The topological polar surface area (TPSA) is 68.1 Å². The van der Waals surface area contributed by atoms with Crippen molar-refractivity contribution in [3.8, 4) is 0 Å². The molecule has 0 bridgehead atoms. The molecule has 2 aromatic rings. The first kappa shape index (κ1) is 16.6. The van der Waals surface area contributed by atoms with E-state index in [0.29, 0.717) is 11.5 Å². The normalized spacial score (nSPS) is 29.1. The molecule has 0 saturated carbocycles. The van der Waals surface area contributed by atoms with Crippen LogP contribution < -0.4 is 4.90 Å². The van der Waals surface area contributed by atoms with Gasteiger partial charge in [0.2, 0.25) is 5.95 Å². The molecule has 25 heavy (non-hydrogen) atoms. The molecule has 0 radical (unpaired) electrons. The molecule has 4 heterocycles. The highest BCUT2D eigenvalue weighted by molar-refractivity contribution is 7.93. The minimum atomic E-state index is -4.81. The summed E-state index contributed by atoms with van der Waals surface area (Å²) in [6.07, 6.45) is -1.17. The van der Waals surface area contributed by atoms with E-state index in [0.717, 1.165) is 5.52 Å². The average molecular weight is 374 g/mol. The summed E-state index contributed by atoms with van der Waals surface area (Å²) in [4.78, 5) is 9.81. The number of sulfone groups is 1. The monoisotopic (exact) mass is 374 g/mol. The Bertz CT molecular complexity index is 940. The maximum absolute atomic E-state index is 13.9. The third-order valence-electron chi connectivity index (χ3n) is 5.47. The maximum Gasteiger partial charge on any atom is 0.410 e. The average Bonchev–Trinajstić information content (AvgIpc) is 3.07. The van der Waals surface area contributed by atoms with Crippen molar-refractivity contribution in [3.63, 3.8) is 0 Å². The fourth-order valence-electron chi connectivity index (χ4n) is 4.24. The molecule has 4 rings (SSSR count). The lowest BCUT2D eigenvalue weighted by molar-refractivity contribution is -0.167. The van der Waals surface area contributed by atoms with Crippen LogP contribution in [0.4, 0.5) is 19.1 Å². The van der Waals surface area contributed by atoms with E-state index >= 15 is 0 Å². The second-order valence-corrected chi connectivity index (χ2v) is 9.13. The van der Waals surface area contributed by atoms with Crippen LogP contribution >= 0.6 is 0 Å². The number of rotatable bonds is 1. The minimum absolute atomic E-state index is 0.0311. The van der Waals surface area contributed by atoms with Crippen LogP contribution in [0.25, 0.3) is 11.0 Å². The zero-order valence-corrected chi connectivity index (χ0v) is 14.3. The van der Waals surface area contributed by atoms with Gasteiger partial charge in [0, 0.05) is 32.3 Å². The standard InChI is InChI=1S/C15H17F3N4O2S/c1-21-12-4-5-19-7-11(12)20-13(21)22-8-10-3-2-6-25(23,24)14(10,9-22)15(16,17)18/h4-5,7,10H,2-3,6,8-9H2,1H3. The lowest BCUT2D eigenvalue weighted by atomic mass is 9.90. The first-order chi connectivity index (χ1) is 11.7. The van der Waals surface area contributed by atoms with Gasteiger partial charge in [0.15, 0.2) is 14.6 Å². The van der Waals surface area contributed by atoms with Crippen molar-refractivity contribution in [2.45, 2.75) is 23.8 Å². The molecule has 6 nitrogen and oxygen atoms in total. The van der Waals surface area contributed by atoms with Crippen molar-refractivity contribution in [2.24, 2.45) is 13.0 Å². The molecule has 10 heteroatoms. The molecule has 2 atom stereocenters. The van der Waals surface area contributed by atoms with Gasteiger partial charge in [-0.3, -0.25) is 4.98 Å². The van der Waals surface area contributed by atoms with Gasteiger partial charge < -0.3 is 9.47 Å². The van der Waals surface area contributed by atoms with E-state index in [4.69, 9.17) is 0 Å². The van der Waals surface area contributed by atoms with E-state index in [9.17, 15) is 21.6 Å². The zero-order valence-electron chi connectivity index (χ0n) is 13.5. The Kier molecular flexibility index (Phi) is 3.38. The highest BCUT2D eigenvalue weighted by atomic mass is 32.2. The van der Waals surface area contributed by atoms with Gasteiger partial charge in [0.25, 0.3) is 0 Å². The summed E-state index contributed by atoms with van der Waals surface area (Å²) >= 11 is 0. The molecule has 2 saturated heterocycles. The summed E-state index contributed by atoms with van der Waals surface area (Å²) < 4.78 is 65.8. The third-order valence-corrected chi connectivity index (χ3v) is 8.10. The molecule has 2 aromatic heterocycles. The number of imidazole rings is 1. The number of aromatic nitrogens is 3. The number of anilines is 1. The summed E-state index contributed by atoms with van der Waals surface area (Å²) in [7, 11) is -2.57. The van der Waals surface area contributed by atoms with Crippen LogP contribution in [0.3, 0.4) is 0 Å². The van der Waals surface area contributed by atoms with Crippen LogP contribution in [-0.4, -0.2) is 52.7 Å². The molecule has 0 amide bonds. The van der Waals surface area contributed by atoms with Crippen molar-refractivity contribution < 1.29 is 21.6 Å². The van der Waals surface area contributed by atoms with Gasteiger partial charge in [0.1, 0.15) is 5.52 Å². The lowest BCUT2D eigenvalue weighted by Gasteiger charge is -2.38. The largest absolute Gasteiger partial charge is 0.410 e. The van der Waals surface area contributed by atoms with Crippen molar-refractivity contribution >= 4 is 26.8 Å². The van der Waals surface area contributed by atoms with Crippen LogP contribution in [-0.2, 0) is 16.9 Å². The quantitative estimate of drug-likeness (QED) is 0.763. The summed E-state index contributed by atoms with van der Waals surface area (Å²) in [5.74, 6) is -1.04. The smallest absolute Gasteiger partial charge is 0.340 e. The van der Waals surface area contributed by atoms with Gasteiger partial charge in [0.05, 0.1) is 17.5 Å². The van der Waals surface area contributed by atoms with Crippen molar-refractivity contribution in [2.75, 3.05) is 23.7 Å². The summed E-state index contributed by atoms with van der Waals surface area (Å²) in [6, 6.07) is 1.73. The molecule has 0 spiro atoms. The molecule has 136 valence electrons. The number of aryl methyl sites for hydroxylation is 1. The fraction of sp³-hybridized carbons (Fsp3) is 0.600. The first-order valence-corrected chi connectivity index (χ1v) is 9.63. The predicted molar refractivity (Wildman–Crippen MR) is 86.0 cm³/mol. The van der Waals surface area contributed by atoms with Gasteiger partial charge in [-0.25, -0.2) is 13.4 Å². The Hall–Kier alpha value is -1.84. The first-order valence-electron chi connectivity index (χ1n) is 7.98. The molecule has 0 aromatic carbocycles. The predicted octanol–water partition coefficient (Wildman–Crippen LogP) is 1.91. The van der Waals surface area contributed by atoms with Gasteiger partial charge >= 0.3 is 6.18 Å². The summed E-state index contributed by atoms with van der Waals surface area (Å²) in [5, 5.41) is 0. The number of halogens is 3. The van der Waals surface area contributed by atoms with Crippen LogP contribution in [0.15, 0.2) is 18.5 Å². The summed E-state index contributed by atoms with van der Waals surface area (Å²) in [5.41, 5.74) is 1.31. The van der Waals surface area contributed by atoms with Crippen LogP contribution in [0, 0.1) is 5.92 Å². The molecule has 0 aliphatic carbocycles. The van der Waals surface area contributed by atoms with Crippen LogP contribution in [0.2, 0.25) is 0 Å². The fourth-order valence-corrected chi connectivity index (χ4v) is 6.56. The molecule has 2 aliphatic rings. The number of fused-ring (bicyclic) bond motifs is 2. The van der Waals surface area contributed by atoms with E-state index in [1.165, 1.54) is 11.1 Å². The van der Waals surface area contributed by atoms with E-state index in [1.54, 1.807) is 23.9 Å². The number of alkyl halides is 3. The highest BCUT2D eigenvalue weighted by Crippen LogP contribution is 2.52. The molecule has 2 fully saturated rings. The summed E-state index contributed by atoms with van der Waals surface area (Å²) in [6.45, 7) is -0.572. The molecule has 2 aliphatic heterocycles. The number of hydrogen-bond acceptors (Lipinski definition) is 5. The number of hydrogen-bond donors (Lipinski definition) is 0. The Morgan fingerprint density at radius 1 is 1.36 bits per heavy atom. The minimum Gasteiger partial charge on any atom is -0.340 e. The van der Waals surface area contributed by atoms with E-state index in [2.05, 4.69) is 9.97 Å². The Morgan fingerprint density at radius 3 is 2.76 bits per heavy atom. The molecule has 0 N–H and O–H groups in total. The zero-order chi connectivity index (χ0) is 18.0. The third kappa shape index (κ3) is 2.12. The molecule has 2 unspecified atom stereocenters. The van der Waals surface area contributed by atoms with E-state index in [-0.39, 0.29) is 19.4 Å². The van der Waals surface area contributed by atoms with Gasteiger partial charge in [-0.1, -0.05) is 0 Å². The van der Waals surface area contributed by atoms with E-state index in [1.807, 2.05) is 0 Å². The SMILES string of the molecule is Cn1c(N2CC3CCCS(=O)(=O)C3(C(F)(F)F)C2)nc2cnccc21. The molecular weight excluding hydrogens is 357 g/mol. The Morgan fingerprint density at radius 2 is 2.12 bits per heavy atom. The van der Waals surface area contributed by atoms with Gasteiger partial charge in [-0.05, 0) is 18.9 Å². The van der Waals surface area contributed by atoms with Crippen molar-refractivity contribution in [1.82, 2.24) is 14.5 Å². The van der Waals surface area contributed by atoms with Crippen molar-refractivity contribution in [1.29, 1.82) is 0 Å². The number of nitrogens with zero attached hydrogens (tertiary/aromatic N) is 4. The van der Waals surface area contributed by atoms with Crippen molar-refractivity contribution in [3.05, 3.63) is 18.5 Å². The second-order valence-electron chi connectivity index (χ2n) is 6.76. The Balaban J connectivity index is 1.83. The van der Waals surface area contributed by atoms with Crippen LogP contribution in [0.1, 0.15) is 12.8 Å². The van der Waals surface area contributed by atoms with E-state index < -0.39 is 39.0 Å². The van der Waals surface area contributed by atoms with Gasteiger partial charge in [-0.15, -0.1) is 0 Å². The molecular formula is C15H17F3N4O2S. The highest BCUT2D eigenvalue weighted by Gasteiger charge is 2.71. The Labute approximate surface area is 142 Å². The van der Waals surface area contributed by atoms with Gasteiger partial charge in [-0.2, -0.15) is 13.2 Å².